The van der Waals surface area contributed by atoms with Gasteiger partial charge in [0.15, 0.2) is 5.79 Å². The highest BCUT2D eigenvalue weighted by Crippen LogP contribution is 2.66. The Kier molecular flexibility index (Phi) is 7.78. The number of esters is 2. The van der Waals surface area contributed by atoms with E-state index in [1.165, 1.54) is 13.8 Å². The quantitative estimate of drug-likeness (QED) is 0.374. The van der Waals surface area contributed by atoms with Crippen LogP contribution in [0.4, 0.5) is 0 Å². The van der Waals surface area contributed by atoms with Crippen LogP contribution in [0.5, 0.6) is 0 Å². The van der Waals surface area contributed by atoms with Crippen LogP contribution in [0.3, 0.4) is 0 Å². The van der Waals surface area contributed by atoms with E-state index in [2.05, 4.69) is 27.7 Å². The molecule has 0 aromatic heterocycles. The number of ether oxygens (including phenoxy) is 5. The molecule has 2 aliphatic carbocycles. The molecule has 0 aromatic carbocycles. The van der Waals surface area contributed by atoms with Crippen molar-refractivity contribution in [2.75, 3.05) is 0 Å². The lowest BCUT2D eigenvalue weighted by molar-refractivity contribution is -0.410. The molecule has 5 aliphatic rings. The van der Waals surface area contributed by atoms with Gasteiger partial charge in [-0.25, -0.2) is 0 Å². The van der Waals surface area contributed by atoms with Crippen molar-refractivity contribution in [3.8, 4) is 0 Å². The molecular weight excluding hydrogens is 536 g/mol. The summed E-state index contributed by atoms with van der Waals surface area (Å²) < 4.78 is 32.4. The Labute approximate surface area is 252 Å². The molecule has 1 N–H and O–H groups in total. The van der Waals surface area contributed by atoms with Crippen LogP contribution in [0.15, 0.2) is 0 Å². The van der Waals surface area contributed by atoms with E-state index in [-0.39, 0.29) is 47.0 Å². The van der Waals surface area contributed by atoms with Crippen LogP contribution in [0.25, 0.3) is 0 Å². The van der Waals surface area contributed by atoms with Crippen molar-refractivity contribution < 1.29 is 38.4 Å². The zero-order valence-electron chi connectivity index (χ0n) is 27.8. The molecule has 42 heavy (non-hydrogen) atoms. The molecule has 2 saturated carbocycles. The van der Waals surface area contributed by atoms with Gasteiger partial charge in [0.1, 0.15) is 22.9 Å². The number of fused-ring (bicyclic) bond motifs is 2. The monoisotopic (exact) mass is 592 g/mol. The summed E-state index contributed by atoms with van der Waals surface area (Å²) in [6.07, 6.45) is 7.45. The lowest BCUT2D eigenvalue weighted by Crippen LogP contribution is -2.70. The largest absolute Gasteiger partial charge is 0.460 e. The van der Waals surface area contributed by atoms with Crippen molar-refractivity contribution in [2.45, 2.75) is 180 Å². The Morgan fingerprint density at radius 3 is 2.17 bits per heavy atom. The Balaban J connectivity index is 1.49. The zero-order chi connectivity index (χ0) is 31.1. The average molecular weight is 593 g/mol. The fourth-order valence-corrected chi connectivity index (χ4v) is 10.1. The Morgan fingerprint density at radius 2 is 1.52 bits per heavy atom. The molecule has 3 saturated heterocycles. The molecule has 0 unspecified atom stereocenters. The van der Waals surface area contributed by atoms with Crippen molar-refractivity contribution in [1.29, 1.82) is 0 Å². The molecule has 240 valence electrons. The molecule has 0 aromatic rings. The highest BCUT2D eigenvalue weighted by atomic mass is 16.7. The summed E-state index contributed by atoms with van der Waals surface area (Å²) in [6.45, 7) is 20.0. The first-order valence-corrected chi connectivity index (χ1v) is 16.4. The van der Waals surface area contributed by atoms with Gasteiger partial charge in [0.05, 0.1) is 17.8 Å². The van der Waals surface area contributed by atoms with Crippen molar-refractivity contribution >= 4 is 11.9 Å². The SMILES string of the molecule is CC(=O)O[C@@H]1CC[C@]2(C)[C@H](CC[C@@](C)(OC(C)=O)[C@@H]2CC[C@@]2(C)[C@@H](C)CC[C@@H]3OC(C)(C)[C@]4(O)CC[C@@]32O4)OC1(C)C. The van der Waals surface area contributed by atoms with Gasteiger partial charge >= 0.3 is 11.9 Å². The van der Waals surface area contributed by atoms with Crippen LogP contribution in [-0.2, 0) is 33.3 Å². The molecule has 10 atom stereocenters. The van der Waals surface area contributed by atoms with Gasteiger partial charge in [0, 0.05) is 37.0 Å². The van der Waals surface area contributed by atoms with E-state index in [1.807, 2.05) is 27.7 Å². The number of rotatable bonds is 5. The standard InChI is InChI=1S/C34H56O8/c1-21-11-12-27-33(19-20-34(37,42-33)29(6,7)41-27)31(21,9)17-13-24-30(8)16-14-25(38-22(2)35)28(4,5)40-26(30)15-18-32(24,10)39-23(3)36/h21,24-27,37H,11-20H2,1-10H3/t21-,24+,25+,26-,27-,30-,31-,32+,33+,34-/m0/s1. The number of carbonyl (C=O) groups is 2. The normalized spacial score (nSPS) is 49.3. The minimum absolute atomic E-state index is 0.0153. The van der Waals surface area contributed by atoms with Gasteiger partial charge in [-0.2, -0.15) is 0 Å². The average Bonchev–Trinajstić information content (AvgIpc) is 3.16. The second kappa shape index (κ2) is 10.1. The summed E-state index contributed by atoms with van der Waals surface area (Å²) in [6, 6.07) is 0. The summed E-state index contributed by atoms with van der Waals surface area (Å²) in [5.41, 5.74) is -3.16. The number of hydrogen-bond acceptors (Lipinski definition) is 8. The Morgan fingerprint density at radius 1 is 0.833 bits per heavy atom. The maximum atomic E-state index is 12.5. The van der Waals surface area contributed by atoms with Crippen molar-refractivity contribution in [3.05, 3.63) is 0 Å². The second-order valence-corrected chi connectivity index (χ2v) is 16.2. The third-order valence-electron chi connectivity index (χ3n) is 13.0. The third-order valence-corrected chi connectivity index (χ3v) is 13.0. The second-order valence-electron chi connectivity index (χ2n) is 16.2. The highest BCUT2D eigenvalue weighted by molar-refractivity contribution is 5.66. The molecule has 3 aliphatic heterocycles. The van der Waals surface area contributed by atoms with Crippen LogP contribution >= 0.6 is 0 Å². The van der Waals surface area contributed by atoms with Crippen LogP contribution in [0, 0.1) is 22.7 Å². The first-order valence-electron chi connectivity index (χ1n) is 16.4. The van der Waals surface area contributed by atoms with E-state index in [4.69, 9.17) is 23.7 Å². The van der Waals surface area contributed by atoms with Crippen molar-refractivity contribution in [3.63, 3.8) is 0 Å². The van der Waals surface area contributed by atoms with Crippen LogP contribution in [0.1, 0.15) is 133 Å². The maximum absolute atomic E-state index is 12.5. The minimum atomic E-state index is -1.30. The maximum Gasteiger partial charge on any atom is 0.303 e. The van der Waals surface area contributed by atoms with E-state index in [0.717, 1.165) is 44.9 Å². The molecule has 0 amide bonds. The smallest absolute Gasteiger partial charge is 0.303 e. The van der Waals surface area contributed by atoms with Crippen LogP contribution in [0.2, 0.25) is 0 Å². The molecule has 0 radical (unpaired) electrons. The number of aliphatic hydroxyl groups is 1. The van der Waals surface area contributed by atoms with Crippen LogP contribution < -0.4 is 0 Å². The summed E-state index contributed by atoms with van der Waals surface area (Å²) in [7, 11) is 0. The van der Waals surface area contributed by atoms with Gasteiger partial charge in [-0.15, -0.1) is 0 Å². The molecule has 3 heterocycles. The topological polar surface area (TPSA) is 101 Å². The summed E-state index contributed by atoms with van der Waals surface area (Å²) in [5, 5.41) is 11.6. The minimum Gasteiger partial charge on any atom is -0.460 e. The van der Waals surface area contributed by atoms with Gasteiger partial charge < -0.3 is 28.8 Å². The number of hydrogen-bond donors (Lipinski definition) is 1. The van der Waals surface area contributed by atoms with Crippen molar-refractivity contribution in [2.24, 2.45) is 22.7 Å². The van der Waals surface area contributed by atoms with E-state index in [0.29, 0.717) is 25.2 Å². The molecule has 5 rings (SSSR count). The van der Waals surface area contributed by atoms with Crippen LogP contribution in [-0.4, -0.2) is 63.5 Å². The Hall–Kier alpha value is -1.22. The summed E-state index contributed by atoms with van der Waals surface area (Å²) in [4.78, 5) is 24.5. The third kappa shape index (κ3) is 4.76. The predicted molar refractivity (Wildman–Crippen MR) is 157 cm³/mol. The van der Waals surface area contributed by atoms with Gasteiger partial charge in [-0.1, -0.05) is 20.8 Å². The molecule has 5 fully saturated rings. The highest BCUT2D eigenvalue weighted by Gasteiger charge is 2.72. The zero-order valence-corrected chi connectivity index (χ0v) is 27.8. The van der Waals surface area contributed by atoms with E-state index in [1.54, 1.807) is 0 Å². The number of carbonyl (C=O) groups excluding carboxylic acids is 2. The van der Waals surface area contributed by atoms with E-state index >= 15 is 0 Å². The van der Waals surface area contributed by atoms with Crippen molar-refractivity contribution in [1.82, 2.24) is 0 Å². The van der Waals surface area contributed by atoms with Gasteiger partial charge in [0.25, 0.3) is 0 Å². The molecule has 2 bridgehead atoms. The van der Waals surface area contributed by atoms with Gasteiger partial charge in [-0.3, -0.25) is 9.59 Å². The van der Waals surface area contributed by atoms with E-state index < -0.39 is 28.2 Å². The first kappa shape index (κ1) is 32.2. The molecule has 8 nitrogen and oxygen atoms in total. The fraction of sp³-hybridized carbons (Fsp3) is 0.941. The fourth-order valence-electron chi connectivity index (χ4n) is 10.1. The molecular formula is C34H56O8. The predicted octanol–water partition coefficient (Wildman–Crippen LogP) is 6.25. The Bertz CT molecular complexity index is 1090. The lowest BCUT2D eigenvalue weighted by atomic mass is 9.51. The van der Waals surface area contributed by atoms with Gasteiger partial charge in [0.2, 0.25) is 0 Å². The van der Waals surface area contributed by atoms with E-state index in [9.17, 15) is 14.7 Å². The molecule has 8 heteroatoms. The summed E-state index contributed by atoms with van der Waals surface area (Å²) >= 11 is 0. The van der Waals surface area contributed by atoms with Gasteiger partial charge in [-0.05, 0) is 98.3 Å². The lowest BCUT2D eigenvalue weighted by Gasteiger charge is -2.63. The summed E-state index contributed by atoms with van der Waals surface area (Å²) in [5.74, 6) is -1.48. The first-order chi connectivity index (χ1) is 19.2. The molecule has 1 spiro atoms.